The van der Waals surface area contributed by atoms with Crippen LogP contribution in [-0.4, -0.2) is 16.6 Å². The number of halogens is 2. The van der Waals surface area contributed by atoms with Crippen LogP contribution >= 0.6 is 35.0 Å². The Morgan fingerprint density at radius 1 is 1.21 bits per heavy atom. The zero-order valence-electron chi connectivity index (χ0n) is 13.4. The zero-order chi connectivity index (χ0) is 17.7. The number of H-pyrrole nitrogens is 1. The lowest BCUT2D eigenvalue weighted by molar-refractivity contribution is -0.118. The molecule has 0 saturated carbocycles. The Hall–Kier alpha value is -1.43. The number of amides is 1. The predicted octanol–water partition coefficient (Wildman–Crippen LogP) is 3.85. The van der Waals surface area contributed by atoms with Crippen LogP contribution < -0.4 is 10.9 Å². The number of hydrogen-bond acceptors (Lipinski definition) is 3. The summed E-state index contributed by atoms with van der Waals surface area (Å²) in [7, 11) is 0. The Morgan fingerprint density at radius 2 is 1.96 bits per heavy atom. The van der Waals surface area contributed by atoms with Gasteiger partial charge in [0.15, 0.2) is 0 Å². The molecule has 0 radical (unpaired) electrons. The molecule has 24 heavy (non-hydrogen) atoms. The summed E-state index contributed by atoms with van der Waals surface area (Å²) in [5.41, 5.74) is 3.12. The van der Waals surface area contributed by atoms with Gasteiger partial charge in [0.2, 0.25) is 5.91 Å². The van der Waals surface area contributed by atoms with E-state index in [2.05, 4.69) is 10.3 Å². The molecule has 7 heteroatoms. The number of aromatic amines is 1. The highest BCUT2D eigenvalue weighted by Gasteiger charge is 2.08. The molecule has 1 amide bonds. The van der Waals surface area contributed by atoms with Crippen LogP contribution in [-0.2, 0) is 17.1 Å². The van der Waals surface area contributed by atoms with Gasteiger partial charge in [0.25, 0.3) is 5.56 Å². The fourth-order valence-electron chi connectivity index (χ4n) is 2.23. The summed E-state index contributed by atoms with van der Waals surface area (Å²) in [4.78, 5) is 26.6. The van der Waals surface area contributed by atoms with Gasteiger partial charge in [0.05, 0.1) is 15.8 Å². The van der Waals surface area contributed by atoms with Crippen LogP contribution in [0.5, 0.6) is 0 Å². The molecule has 128 valence electrons. The highest BCUT2D eigenvalue weighted by molar-refractivity contribution is 7.99. The molecule has 2 aromatic rings. The molecule has 0 aliphatic heterocycles. The summed E-state index contributed by atoms with van der Waals surface area (Å²) in [6, 6.07) is 7.31. The molecule has 2 rings (SSSR count). The Morgan fingerprint density at radius 3 is 2.62 bits per heavy atom. The molecule has 1 heterocycles. The standard InChI is InChI=1S/C17H18Cl2N2O2S/c1-10-5-11(2)21-17(23)13(10)7-20-16(22)9-24-8-12-3-4-14(18)15(19)6-12/h3-6H,7-9H2,1-2H3,(H,20,22)(H,21,23). The maximum Gasteiger partial charge on any atom is 0.253 e. The minimum absolute atomic E-state index is 0.112. The van der Waals surface area contributed by atoms with E-state index < -0.39 is 0 Å². The number of aryl methyl sites for hydroxylation is 2. The third-order valence-corrected chi connectivity index (χ3v) is 5.18. The van der Waals surface area contributed by atoms with Crippen molar-refractivity contribution in [1.29, 1.82) is 0 Å². The number of pyridine rings is 1. The molecule has 0 unspecified atom stereocenters. The van der Waals surface area contributed by atoms with Gasteiger partial charge in [0, 0.05) is 23.6 Å². The van der Waals surface area contributed by atoms with Gasteiger partial charge in [0.1, 0.15) is 0 Å². The lowest BCUT2D eigenvalue weighted by Gasteiger charge is -2.08. The van der Waals surface area contributed by atoms with E-state index in [-0.39, 0.29) is 18.0 Å². The first-order chi connectivity index (χ1) is 11.4. The summed E-state index contributed by atoms with van der Waals surface area (Å²) in [6.45, 7) is 3.92. The van der Waals surface area contributed by atoms with Gasteiger partial charge < -0.3 is 10.3 Å². The Kier molecular flexibility index (Phi) is 6.78. The van der Waals surface area contributed by atoms with Crippen molar-refractivity contribution in [3.05, 3.63) is 67.0 Å². The van der Waals surface area contributed by atoms with Gasteiger partial charge in [-0.1, -0.05) is 29.3 Å². The van der Waals surface area contributed by atoms with E-state index in [1.54, 1.807) is 12.1 Å². The van der Waals surface area contributed by atoms with E-state index in [1.165, 1.54) is 11.8 Å². The maximum absolute atomic E-state index is 11.9. The molecule has 0 aliphatic rings. The lowest BCUT2D eigenvalue weighted by Crippen LogP contribution is -2.29. The SMILES string of the molecule is Cc1cc(C)c(CNC(=O)CSCc2ccc(Cl)c(Cl)c2)c(=O)[nH]1. The lowest BCUT2D eigenvalue weighted by atomic mass is 10.1. The fourth-order valence-corrected chi connectivity index (χ4v) is 3.36. The monoisotopic (exact) mass is 384 g/mol. The average Bonchev–Trinajstić information content (AvgIpc) is 2.49. The van der Waals surface area contributed by atoms with Crippen molar-refractivity contribution < 1.29 is 4.79 Å². The van der Waals surface area contributed by atoms with Crippen molar-refractivity contribution >= 4 is 40.9 Å². The number of nitrogens with one attached hydrogen (secondary N) is 2. The minimum atomic E-state index is -0.156. The Bertz CT molecular complexity index is 806. The molecule has 1 aromatic heterocycles. The van der Waals surface area contributed by atoms with Crippen LogP contribution in [0, 0.1) is 13.8 Å². The third-order valence-electron chi connectivity index (χ3n) is 3.44. The van der Waals surface area contributed by atoms with Crippen LogP contribution in [0.15, 0.2) is 29.1 Å². The Balaban J connectivity index is 1.82. The van der Waals surface area contributed by atoms with Crippen molar-refractivity contribution in [2.24, 2.45) is 0 Å². The average molecular weight is 385 g/mol. The van der Waals surface area contributed by atoms with Crippen molar-refractivity contribution in [2.75, 3.05) is 5.75 Å². The number of carbonyl (C=O) groups excluding carboxylic acids is 1. The van der Waals surface area contributed by atoms with E-state index >= 15 is 0 Å². The molecule has 0 atom stereocenters. The number of benzene rings is 1. The minimum Gasteiger partial charge on any atom is -0.351 e. The van der Waals surface area contributed by atoms with Crippen LogP contribution in [0.4, 0.5) is 0 Å². The highest BCUT2D eigenvalue weighted by atomic mass is 35.5. The maximum atomic E-state index is 11.9. The van der Waals surface area contributed by atoms with Crippen molar-refractivity contribution in [3.8, 4) is 0 Å². The van der Waals surface area contributed by atoms with E-state index in [0.717, 1.165) is 16.8 Å². The molecular formula is C17H18Cl2N2O2S. The largest absolute Gasteiger partial charge is 0.351 e. The third kappa shape index (κ3) is 5.30. The molecule has 2 N–H and O–H groups in total. The second-order valence-electron chi connectivity index (χ2n) is 5.46. The van der Waals surface area contributed by atoms with Crippen LogP contribution in [0.2, 0.25) is 10.0 Å². The van der Waals surface area contributed by atoms with Gasteiger partial charge in [-0.25, -0.2) is 0 Å². The highest BCUT2D eigenvalue weighted by Crippen LogP contribution is 2.24. The van der Waals surface area contributed by atoms with Gasteiger partial charge in [-0.3, -0.25) is 9.59 Å². The fraction of sp³-hybridized carbons (Fsp3) is 0.294. The second kappa shape index (κ2) is 8.60. The predicted molar refractivity (Wildman–Crippen MR) is 101 cm³/mol. The summed E-state index contributed by atoms with van der Waals surface area (Å²) < 4.78 is 0. The number of hydrogen-bond donors (Lipinski definition) is 2. The molecule has 0 bridgehead atoms. The molecule has 0 spiro atoms. The van der Waals surface area contributed by atoms with E-state index in [0.29, 0.717) is 27.1 Å². The van der Waals surface area contributed by atoms with E-state index in [4.69, 9.17) is 23.2 Å². The number of aromatic nitrogens is 1. The van der Waals surface area contributed by atoms with Crippen molar-refractivity contribution in [1.82, 2.24) is 10.3 Å². The van der Waals surface area contributed by atoms with Crippen LogP contribution in [0.1, 0.15) is 22.4 Å². The summed E-state index contributed by atoms with van der Waals surface area (Å²) in [5.74, 6) is 0.858. The van der Waals surface area contributed by atoms with Crippen molar-refractivity contribution in [2.45, 2.75) is 26.1 Å². The molecular weight excluding hydrogens is 367 g/mol. The number of carbonyl (C=O) groups is 1. The van der Waals surface area contributed by atoms with Gasteiger partial charge >= 0.3 is 0 Å². The van der Waals surface area contributed by atoms with Crippen LogP contribution in [0.3, 0.4) is 0 Å². The van der Waals surface area contributed by atoms with E-state index in [1.807, 2.05) is 26.0 Å². The van der Waals surface area contributed by atoms with Gasteiger partial charge in [-0.15, -0.1) is 11.8 Å². The second-order valence-corrected chi connectivity index (χ2v) is 7.26. The first kappa shape index (κ1) is 18.9. The van der Waals surface area contributed by atoms with Crippen LogP contribution in [0.25, 0.3) is 0 Å². The smallest absolute Gasteiger partial charge is 0.253 e. The normalized spacial score (nSPS) is 10.7. The van der Waals surface area contributed by atoms with Gasteiger partial charge in [-0.2, -0.15) is 0 Å². The van der Waals surface area contributed by atoms with Gasteiger partial charge in [-0.05, 0) is 43.2 Å². The molecule has 4 nitrogen and oxygen atoms in total. The molecule has 0 fully saturated rings. The molecule has 1 aromatic carbocycles. The number of rotatable bonds is 6. The summed E-state index contributed by atoms with van der Waals surface area (Å²) >= 11 is 13.3. The molecule has 0 saturated heterocycles. The summed E-state index contributed by atoms with van der Waals surface area (Å²) in [5, 5.41) is 3.80. The quantitative estimate of drug-likeness (QED) is 0.794. The number of thioether (sulfide) groups is 1. The zero-order valence-corrected chi connectivity index (χ0v) is 15.7. The first-order valence-corrected chi connectivity index (χ1v) is 9.25. The summed E-state index contributed by atoms with van der Waals surface area (Å²) in [6.07, 6.45) is 0. The Labute approximate surface area is 155 Å². The van der Waals surface area contributed by atoms with E-state index in [9.17, 15) is 9.59 Å². The van der Waals surface area contributed by atoms with Crippen molar-refractivity contribution in [3.63, 3.8) is 0 Å². The molecule has 0 aliphatic carbocycles. The first-order valence-electron chi connectivity index (χ1n) is 7.34. The topological polar surface area (TPSA) is 62.0 Å².